The quantitative estimate of drug-likeness (QED) is 0.745. The molecule has 0 bridgehead atoms. The molecule has 2 heterocycles. The van der Waals surface area contributed by atoms with Crippen molar-refractivity contribution in [3.63, 3.8) is 0 Å². The number of anilines is 1. The highest BCUT2D eigenvalue weighted by Gasteiger charge is 2.26. The van der Waals surface area contributed by atoms with Gasteiger partial charge in [-0.1, -0.05) is 48.5 Å². The Balaban J connectivity index is 1.47. The second kappa shape index (κ2) is 8.21. The Labute approximate surface area is 165 Å². The van der Waals surface area contributed by atoms with E-state index in [1.807, 2.05) is 72.7 Å². The van der Waals surface area contributed by atoms with Crippen LogP contribution in [-0.2, 0) is 0 Å². The van der Waals surface area contributed by atoms with E-state index in [0.29, 0.717) is 5.92 Å². The number of carbonyl (C=O) groups is 1. The first-order valence-corrected chi connectivity index (χ1v) is 9.69. The highest BCUT2D eigenvalue weighted by molar-refractivity contribution is 6.00. The van der Waals surface area contributed by atoms with Crippen LogP contribution in [-0.4, -0.2) is 40.9 Å². The number of hydrogen-bond donors (Lipinski definition) is 1. The number of carbonyl (C=O) groups excluding carboxylic acids is 1. The first kappa shape index (κ1) is 18.2. The standard InChI is InChI=1S/C23H24N4O/c1-24-22-16-25-21(15-26-22)18-11-13-27(14-12-18)23(28)20-10-6-5-9-19(20)17-7-3-2-4-8-17/h2-10,15-16,18H,11-14H2,1H3,(H,24,26). The summed E-state index contributed by atoms with van der Waals surface area (Å²) in [4.78, 5) is 24.1. The van der Waals surface area contributed by atoms with Crippen LogP contribution in [0.15, 0.2) is 67.0 Å². The van der Waals surface area contributed by atoms with E-state index in [1.165, 1.54) is 0 Å². The van der Waals surface area contributed by atoms with E-state index in [-0.39, 0.29) is 5.91 Å². The van der Waals surface area contributed by atoms with Crippen LogP contribution in [0.2, 0.25) is 0 Å². The van der Waals surface area contributed by atoms with Crippen LogP contribution in [0, 0.1) is 0 Å². The molecule has 1 amide bonds. The van der Waals surface area contributed by atoms with Crippen molar-refractivity contribution in [3.8, 4) is 11.1 Å². The third kappa shape index (κ3) is 3.74. The molecule has 28 heavy (non-hydrogen) atoms. The van der Waals surface area contributed by atoms with Gasteiger partial charge in [-0.25, -0.2) is 4.98 Å². The van der Waals surface area contributed by atoms with E-state index < -0.39 is 0 Å². The molecule has 0 saturated carbocycles. The van der Waals surface area contributed by atoms with Crippen molar-refractivity contribution >= 4 is 11.7 Å². The number of aromatic nitrogens is 2. The van der Waals surface area contributed by atoms with Crippen LogP contribution in [0.25, 0.3) is 11.1 Å². The number of nitrogens with zero attached hydrogens (tertiary/aromatic N) is 3. The normalized spacial score (nSPS) is 14.7. The predicted octanol–water partition coefficient (Wildman–Crippen LogP) is 4.21. The zero-order chi connectivity index (χ0) is 19.3. The first-order valence-electron chi connectivity index (χ1n) is 9.69. The molecule has 3 aromatic rings. The first-order chi connectivity index (χ1) is 13.8. The number of rotatable bonds is 4. The molecule has 0 spiro atoms. The Morgan fingerprint density at radius 1 is 0.964 bits per heavy atom. The van der Waals surface area contributed by atoms with E-state index in [1.54, 1.807) is 6.20 Å². The van der Waals surface area contributed by atoms with Crippen LogP contribution < -0.4 is 5.32 Å². The molecule has 0 radical (unpaired) electrons. The van der Waals surface area contributed by atoms with Gasteiger partial charge in [0.2, 0.25) is 0 Å². The number of likely N-dealkylation sites (tertiary alicyclic amines) is 1. The van der Waals surface area contributed by atoms with E-state index in [2.05, 4.69) is 15.3 Å². The van der Waals surface area contributed by atoms with Crippen LogP contribution in [0.4, 0.5) is 5.82 Å². The van der Waals surface area contributed by atoms with Gasteiger partial charge in [-0.2, -0.15) is 0 Å². The molecular formula is C23H24N4O. The van der Waals surface area contributed by atoms with Gasteiger partial charge in [0, 0.05) is 31.6 Å². The van der Waals surface area contributed by atoms with Crippen LogP contribution in [0.5, 0.6) is 0 Å². The van der Waals surface area contributed by atoms with Crippen molar-refractivity contribution in [1.29, 1.82) is 0 Å². The van der Waals surface area contributed by atoms with E-state index >= 15 is 0 Å². The van der Waals surface area contributed by atoms with Gasteiger partial charge >= 0.3 is 0 Å². The summed E-state index contributed by atoms with van der Waals surface area (Å²) in [6.07, 6.45) is 5.43. The molecular weight excluding hydrogens is 348 g/mol. The third-order valence-electron chi connectivity index (χ3n) is 5.37. The van der Waals surface area contributed by atoms with Crippen molar-refractivity contribution in [2.75, 3.05) is 25.5 Å². The minimum Gasteiger partial charge on any atom is -0.372 e. The van der Waals surface area contributed by atoms with Crippen molar-refractivity contribution in [2.45, 2.75) is 18.8 Å². The number of nitrogens with one attached hydrogen (secondary N) is 1. The van der Waals surface area contributed by atoms with Gasteiger partial charge in [0.1, 0.15) is 5.82 Å². The predicted molar refractivity (Wildman–Crippen MR) is 111 cm³/mol. The fourth-order valence-corrected chi connectivity index (χ4v) is 3.77. The van der Waals surface area contributed by atoms with E-state index in [9.17, 15) is 4.79 Å². The summed E-state index contributed by atoms with van der Waals surface area (Å²) in [7, 11) is 1.83. The highest BCUT2D eigenvalue weighted by Crippen LogP contribution is 2.29. The lowest BCUT2D eigenvalue weighted by molar-refractivity contribution is 0.0713. The Morgan fingerprint density at radius 2 is 1.68 bits per heavy atom. The lowest BCUT2D eigenvalue weighted by Gasteiger charge is -2.32. The molecule has 1 fully saturated rings. The summed E-state index contributed by atoms with van der Waals surface area (Å²) in [5.74, 6) is 1.23. The van der Waals surface area contributed by atoms with Crippen molar-refractivity contribution in [3.05, 3.63) is 78.2 Å². The molecule has 0 unspecified atom stereocenters. The van der Waals surface area contributed by atoms with Crippen LogP contribution in [0.1, 0.15) is 34.8 Å². The Kier molecular flexibility index (Phi) is 5.33. The lowest BCUT2D eigenvalue weighted by atomic mass is 9.92. The molecule has 142 valence electrons. The molecule has 1 aliphatic heterocycles. The molecule has 0 atom stereocenters. The smallest absolute Gasteiger partial charge is 0.254 e. The number of piperidine rings is 1. The van der Waals surface area contributed by atoms with Gasteiger partial charge in [-0.05, 0) is 30.0 Å². The Morgan fingerprint density at radius 3 is 2.36 bits per heavy atom. The van der Waals surface area contributed by atoms with Crippen LogP contribution in [0.3, 0.4) is 0 Å². The summed E-state index contributed by atoms with van der Waals surface area (Å²) in [5.41, 5.74) is 3.84. The molecule has 4 rings (SSSR count). The van der Waals surface area contributed by atoms with Crippen LogP contribution >= 0.6 is 0 Å². The van der Waals surface area contributed by atoms with Gasteiger partial charge in [-0.3, -0.25) is 9.78 Å². The zero-order valence-electron chi connectivity index (χ0n) is 16.0. The summed E-state index contributed by atoms with van der Waals surface area (Å²) < 4.78 is 0. The molecule has 1 aliphatic rings. The maximum Gasteiger partial charge on any atom is 0.254 e. The van der Waals surface area contributed by atoms with Crippen molar-refractivity contribution < 1.29 is 4.79 Å². The average Bonchev–Trinajstić information content (AvgIpc) is 2.79. The van der Waals surface area contributed by atoms with Crippen molar-refractivity contribution in [2.24, 2.45) is 0 Å². The van der Waals surface area contributed by atoms with Gasteiger partial charge < -0.3 is 10.2 Å². The van der Waals surface area contributed by atoms with Gasteiger partial charge in [-0.15, -0.1) is 0 Å². The highest BCUT2D eigenvalue weighted by atomic mass is 16.2. The maximum absolute atomic E-state index is 13.2. The van der Waals surface area contributed by atoms with Gasteiger partial charge in [0.25, 0.3) is 5.91 Å². The summed E-state index contributed by atoms with van der Waals surface area (Å²) in [6.45, 7) is 1.48. The summed E-state index contributed by atoms with van der Waals surface area (Å²) >= 11 is 0. The minimum atomic E-state index is 0.106. The molecule has 0 aliphatic carbocycles. The molecule has 5 heteroatoms. The number of benzene rings is 2. The zero-order valence-corrected chi connectivity index (χ0v) is 16.0. The number of amides is 1. The molecule has 2 aromatic carbocycles. The van der Waals surface area contributed by atoms with Gasteiger partial charge in [0.15, 0.2) is 0 Å². The lowest BCUT2D eigenvalue weighted by Crippen LogP contribution is -2.38. The van der Waals surface area contributed by atoms with Gasteiger partial charge in [0.05, 0.1) is 18.1 Å². The summed E-state index contributed by atoms with van der Waals surface area (Å²) in [6, 6.07) is 18.0. The Hall–Kier alpha value is -3.21. The van der Waals surface area contributed by atoms with Crippen molar-refractivity contribution in [1.82, 2.24) is 14.9 Å². The maximum atomic E-state index is 13.2. The molecule has 1 N–H and O–H groups in total. The Bertz CT molecular complexity index is 932. The monoisotopic (exact) mass is 372 g/mol. The second-order valence-electron chi connectivity index (χ2n) is 7.05. The topological polar surface area (TPSA) is 58.1 Å². The molecule has 1 saturated heterocycles. The summed E-state index contributed by atoms with van der Waals surface area (Å²) in [5, 5.41) is 2.99. The fourth-order valence-electron chi connectivity index (χ4n) is 3.77. The SMILES string of the molecule is CNc1cnc(C2CCN(C(=O)c3ccccc3-c3ccccc3)CC2)cn1. The third-order valence-corrected chi connectivity index (χ3v) is 5.37. The fraction of sp³-hybridized carbons (Fsp3) is 0.261. The molecule has 5 nitrogen and oxygen atoms in total. The molecule has 1 aromatic heterocycles. The second-order valence-corrected chi connectivity index (χ2v) is 7.05. The largest absolute Gasteiger partial charge is 0.372 e. The number of hydrogen-bond acceptors (Lipinski definition) is 4. The van der Waals surface area contributed by atoms with E-state index in [0.717, 1.165) is 54.1 Å². The minimum absolute atomic E-state index is 0.106. The van der Waals surface area contributed by atoms with E-state index in [4.69, 9.17) is 0 Å². The average molecular weight is 372 g/mol.